The van der Waals surface area contributed by atoms with Crippen LogP contribution in [0.5, 0.6) is 0 Å². The van der Waals surface area contributed by atoms with Crippen LogP contribution in [0, 0.1) is 18.8 Å². The lowest BCUT2D eigenvalue weighted by atomic mass is 9.97. The van der Waals surface area contributed by atoms with E-state index in [1.165, 1.54) is 6.42 Å². The number of carbonyl (C=O) groups is 1. The Balaban J connectivity index is 0.00000208. The highest BCUT2D eigenvalue weighted by atomic mass is 35.5. The van der Waals surface area contributed by atoms with Gasteiger partial charge in [0.15, 0.2) is 5.69 Å². The number of aromatic nitrogens is 3. The molecule has 24 heavy (non-hydrogen) atoms. The summed E-state index contributed by atoms with van der Waals surface area (Å²) in [6, 6.07) is 0.373. The average molecular weight is 356 g/mol. The van der Waals surface area contributed by atoms with Gasteiger partial charge in [-0.3, -0.25) is 4.79 Å². The van der Waals surface area contributed by atoms with Gasteiger partial charge in [-0.15, -0.1) is 17.5 Å². The Kier molecular flexibility index (Phi) is 6.63. The second-order valence-electron chi connectivity index (χ2n) is 7.48. The molecule has 0 aromatic carbocycles. The van der Waals surface area contributed by atoms with E-state index in [-0.39, 0.29) is 18.3 Å². The molecule has 0 saturated carbocycles. The first-order valence-corrected chi connectivity index (χ1v) is 8.98. The first kappa shape index (κ1) is 19.2. The summed E-state index contributed by atoms with van der Waals surface area (Å²) < 4.78 is 1.97. The molecule has 0 bridgehead atoms. The third-order valence-corrected chi connectivity index (χ3v) is 5.16. The Morgan fingerprint density at radius 2 is 2.00 bits per heavy atom. The molecule has 3 heterocycles. The first-order chi connectivity index (χ1) is 11.1. The molecule has 2 aliphatic rings. The van der Waals surface area contributed by atoms with Gasteiger partial charge in [-0.1, -0.05) is 19.1 Å². The number of nitrogens with one attached hydrogen (secondary N) is 1. The van der Waals surface area contributed by atoms with Crippen molar-refractivity contribution in [3.05, 3.63) is 11.4 Å². The minimum absolute atomic E-state index is 0. The summed E-state index contributed by atoms with van der Waals surface area (Å²) in [7, 11) is 0. The zero-order chi connectivity index (χ0) is 16.4. The van der Waals surface area contributed by atoms with Gasteiger partial charge in [0.05, 0.1) is 11.7 Å². The molecular formula is C17H30ClN5O. The molecule has 136 valence electrons. The van der Waals surface area contributed by atoms with E-state index < -0.39 is 0 Å². The number of carbonyl (C=O) groups excluding carboxylic acids is 1. The molecule has 1 amide bonds. The molecule has 2 fully saturated rings. The highest BCUT2D eigenvalue weighted by Crippen LogP contribution is 2.26. The third kappa shape index (κ3) is 4.09. The van der Waals surface area contributed by atoms with Crippen molar-refractivity contribution in [3.63, 3.8) is 0 Å². The summed E-state index contributed by atoms with van der Waals surface area (Å²) in [5, 5.41) is 11.9. The van der Waals surface area contributed by atoms with Gasteiger partial charge in [0, 0.05) is 13.1 Å². The van der Waals surface area contributed by atoms with Crippen LogP contribution in [0.3, 0.4) is 0 Å². The zero-order valence-electron chi connectivity index (χ0n) is 15.0. The Morgan fingerprint density at radius 1 is 1.29 bits per heavy atom. The van der Waals surface area contributed by atoms with Crippen LogP contribution in [0.25, 0.3) is 0 Å². The molecule has 2 saturated heterocycles. The van der Waals surface area contributed by atoms with Crippen LogP contribution >= 0.6 is 12.4 Å². The van der Waals surface area contributed by atoms with Crippen LogP contribution in [0.1, 0.15) is 61.8 Å². The quantitative estimate of drug-likeness (QED) is 0.901. The van der Waals surface area contributed by atoms with E-state index >= 15 is 0 Å². The number of halogens is 1. The highest BCUT2D eigenvalue weighted by molar-refractivity contribution is 5.93. The smallest absolute Gasteiger partial charge is 0.276 e. The lowest BCUT2D eigenvalue weighted by Crippen LogP contribution is -2.31. The van der Waals surface area contributed by atoms with Crippen molar-refractivity contribution >= 4 is 18.3 Å². The van der Waals surface area contributed by atoms with Crippen molar-refractivity contribution in [2.45, 2.75) is 52.5 Å². The van der Waals surface area contributed by atoms with Crippen molar-refractivity contribution in [2.75, 3.05) is 26.2 Å². The topological polar surface area (TPSA) is 63.1 Å². The van der Waals surface area contributed by atoms with E-state index in [2.05, 4.69) is 29.5 Å². The molecule has 1 atom stereocenters. The molecular weight excluding hydrogens is 326 g/mol. The van der Waals surface area contributed by atoms with Gasteiger partial charge in [-0.25, -0.2) is 4.68 Å². The Morgan fingerprint density at radius 3 is 2.67 bits per heavy atom. The molecule has 7 heteroatoms. The summed E-state index contributed by atoms with van der Waals surface area (Å²) in [6.45, 7) is 10.2. The second-order valence-corrected chi connectivity index (χ2v) is 7.48. The minimum atomic E-state index is 0. The minimum Gasteiger partial charge on any atom is -0.337 e. The molecule has 2 aliphatic heterocycles. The Bertz CT molecular complexity index is 553. The van der Waals surface area contributed by atoms with Gasteiger partial charge in [-0.2, -0.15) is 0 Å². The van der Waals surface area contributed by atoms with Crippen LogP contribution in [-0.2, 0) is 0 Å². The lowest BCUT2D eigenvalue weighted by Gasteiger charge is -2.23. The van der Waals surface area contributed by atoms with E-state index in [0.29, 0.717) is 23.6 Å². The number of likely N-dealkylation sites (tertiary alicyclic amines) is 1. The van der Waals surface area contributed by atoms with Crippen LogP contribution < -0.4 is 5.32 Å². The fourth-order valence-electron chi connectivity index (χ4n) is 3.96. The molecule has 1 unspecified atom stereocenters. The average Bonchev–Trinajstić information content (AvgIpc) is 3.14. The Labute approximate surface area is 150 Å². The molecule has 6 nitrogen and oxygen atoms in total. The monoisotopic (exact) mass is 355 g/mol. The Hall–Kier alpha value is -1.14. The molecule has 0 radical (unpaired) electrons. The van der Waals surface area contributed by atoms with Crippen molar-refractivity contribution in [3.8, 4) is 0 Å². The maximum Gasteiger partial charge on any atom is 0.276 e. The summed E-state index contributed by atoms with van der Waals surface area (Å²) >= 11 is 0. The van der Waals surface area contributed by atoms with Gasteiger partial charge in [-0.05, 0) is 57.5 Å². The molecule has 1 aromatic heterocycles. The fourth-order valence-corrected chi connectivity index (χ4v) is 3.96. The second kappa shape index (κ2) is 8.30. The maximum absolute atomic E-state index is 12.8. The number of rotatable bonds is 4. The summed E-state index contributed by atoms with van der Waals surface area (Å²) in [5.74, 6) is 1.39. The first-order valence-electron chi connectivity index (χ1n) is 8.98. The molecule has 0 spiro atoms. The fraction of sp³-hybridized carbons (Fsp3) is 0.824. The predicted molar refractivity (Wildman–Crippen MR) is 96.6 cm³/mol. The maximum atomic E-state index is 12.8. The van der Waals surface area contributed by atoms with Gasteiger partial charge in [0.2, 0.25) is 0 Å². The normalized spacial score (nSPS) is 22.0. The number of hydrogen-bond acceptors (Lipinski definition) is 4. The van der Waals surface area contributed by atoms with Gasteiger partial charge >= 0.3 is 0 Å². The van der Waals surface area contributed by atoms with Crippen LogP contribution in [0.15, 0.2) is 0 Å². The van der Waals surface area contributed by atoms with Crippen LogP contribution in [0.4, 0.5) is 0 Å². The molecule has 3 rings (SSSR count). The predicted octanol–water partition coefficient (Wildman–Crippen LogP) is 2.44. The van der Waals surface area contributed by atoms with Gasteiger partial charge in [0.25, 0.3) is 5.91 Å². The van der Waals surface area contributed by atoms with E-state index in [1.54, 1.807) is 0 Å². The molecule has 1 aromatic rings. The number of piperidine rings is 1. The van der Waals surface area contributed by atoms with Crippen molar-refractivity contribution in [1.29, 1.82) is 0 Å². The van der Waals surface area contributed by atoms with Crippen LogP contribution in [0.2, 0.25) is 0 Å². The SMILES string of the molecule is Cc1c(C(=O)N2CCC(CC(C)C)C2)nnn1C1CCNCC1.Cl. The summed E-state index contributed by atoms with van der Waals surface area (Å²) in [6.07, 6.45) is 4.42. The zero-order valence-corrected chi connectivity index (χ0v) is 15.8. The van der Waals surface area contributed by atoms with Crippen molar-refractivity contribution in [1.82, 2.24) is 25.2 Å². The van der Waals surface area contributed by atoms with Gasteiger partial charge in [0.1, 0.15) is 0 Å². The third-order valence-electron chi connectivity index (χ3n) is 5.16. The number of nitrogens with zero attached hydrogens (tertiary/aromatic N) is 4. The standard InChI is InChI=1S/C17H29N5O.ClH/c1-12(2)10-14-6-9-21(11-14)17(23)16-13(3)22(20-19-16)15-4-7-18-8-5-15;/h12,14-15,18H,4-11H2,1-3H3;1H. The van der Waals surface area contributed by atoms with Gasteiger partial charge < -0.3 is 10.2 Å². The molecule has 1 N–H and O–H groups in total. The summed E-state index contributed by atoms with van der Waals surface area (Å²) in [5.41, 5.74) is 1.47. The van der Waals surface area contributed by atoms with E-state index in [1.807, 2.05) is 16.5 Å². The lowest BCUT2D eigenvalue weighted by molar-refractivity contribution is 0.0779. The molecule has 0 aliphatic carbocycles. The number of amides is 1. The summed E-state index contributed by atoms with van der Waals surface area (Å²) in [4.78, 5) is 14.8. The largest absolute Gasteiger partial charge is 0.337 e. The highest BCUT2D eigenvalue weighted by Gasteiger charge is 2.31. The number of hydrogen-bond donors (Lipinski definition) is 1. The van der Waals surface area contributed by atoms with E-state index in [4.69, 9.17) is 0 Å². The van der Waals surface area contributed by atoms with Crippen molar-refractivity contribution in [2.24, 2.45) is 11.8 Å². The van der Waals surface area contributed by atoms with E-state index in [0.717, 1.165) is 51.1 Å². The van der Waals surface area contributed by atoms with Crippen molar-refractivity contribution < 1.29 is 4.79 Å². The van der Waals surface area contributed by atoms with Crippen LogP contribution in [-0.4, -0.2) is 52.0 Å². The van der Waals surface area contributed by atoms with E-state index in [9.17, 15) is 4.79 Å².